The van der Waals surface area contributed by atoms with Gasteiger partial charge in [0.1, 0.15) is 11.5 Å². The van der Waals surface area contributed by atoms with E-state index in [1.54, 1.807) is 50.4 Å². The van der Waals surface area contributed by atoms with Gasteiger partial charge >= 0.3 is 0 Å². The first-order valence-corrected chi connectivity index (χ1v) is 6.89. The minimum absolute atomic E-state index is 0.132. The fraction of sp³-hybridized carbons (Fsp3) is 0.133. The normalized spacial score (nSPS) is 11.3. The maximum absolute atomic E-state index is 9.88. The highest BCUT2D eigenvalue weighted by Crippen LogP contribution is 2.26. The molecule has 0 aliphatic rings. The lowest BCUT2D eigenvalue weighted by atomic mass is 10.1. The smallest absolute Gasteiger partial charge is 0.124 e. The summed E-state index contributed by atoms with van der Waals surface area (Å²) in [6.45, 7) is 1.78. The Hall–Kier alpha value is -1.91. The number of phenolic OH excluding ortho intramolecular Hbond substituents is 1. The first kappa shape index (κ1) is 15.5. The molecule has 0 saturated carbocycles. The van der Waals surface area contributed by atoms with Crippen LogP contribution in [0.2, 0.25) is 10.0 Å². The number of rotatable bonds is 4. The molecule has 2 aromatic carbocycles. The lowest BCUT2D eigenvalue weighted by molar-refractivity contribution is 0.412. The second-order valence-electron chi connectivity index (χ2n) is 4.32. The first-order valence-electron chi connectivity index (χ1n) is 6.14. The molecular weight excluding hydrogens is 311 g/mol. The number of benzene rings is 2. The van der Waals surface area contributed by atoms with Gasteiger partial charge in [0, 0.05) is 5.56 Å². The largest absolute Gasteiger partial charge is 0.507 e. The molecule has 0 heterocycles. The summed E-state index contributed by atoms with van der Waals surface area (Å²) in [5, 5.41) is 15.0. The number of nitrogens with one attached hydrogen (secondary N) is 1. The summed E-state index contributed by atoms with van der Waals surface area (Å²) < 4.78 is 5.13. The maximum Gasteiger partial charge on any atom is 0.124 e. The Morgan fingerprint density at radius 1 is 1.14 bits per heavy atom. The SMILES string of the molecule is COc1ccc(O)c(/C(C)=N/Nc2ccc(Cl)c(Cl)c2)c1. The molecule has 0 spiro atoms. The van der Waals surface area contributed by atoms with Crippen LogP contribution in [0.4, 0.5) is 5.69 Å². The number of hydrazone groups is 1. The van der Waals surface area contributed by atoms with E-state index in [1.165, 1.54) is 0 Å². The quantitative estimate of drug-likeness (QED) is 0.641. The number of hydrogen-bond acceptors (Lipinski definition) is 4. The van der Waals surface area contributed by atoms with Crippen molar-refractivity contribution in [2.75, 3.05) is 12.5 Å². The van der Waals surface area contributed by atoms with Crippen LogP contribution in [0.1, 0.15) is 12.5 Å². The van der Waals surface area contributed by atoms with Crippen LogP contribution >= 0.6 is 23.2 Å². The van der Waals surface area contributed by atoms with E-state index < -0.39 is 0 Å². The predicted molar refractivity (Wildman–Crippen MR) is 87.0 cm³/mol. The van der Waals surface area contributed by atoms with Gasteiger partial charge in [0.15, 0.2) is 0 Å². The van der Waals surface area contributed by atoms with Gasteiger partial charge in [-0.1, -0.05) is 23.2 Å². The summed E-state index contributed by atoms with van der Waals surface area (Å²) >= 11 is 11.8. The van der Waals surface area contributed by atoms with Crippen molar-refractivity contribution in [1.82, 2.24) is 0 Å². The van der Waals surface area contributed by atoms with Crippen LogP contribution in [0.5, 0.6) is 11.5 Å². The lowest BCUT2D eigenvalue weighted by Gasteiger charge is -2.08. The van der Waals surface area contributed by atoms with E-state index in [2.05, 4.69) is 10.5 Å². The summed E-state index contributed by atoms with van der Waals surface area (Å²) in [7, 11) is 1.57. The molecule has 110 valence electrons. The molecule has 0 bridgehead atoms. The van der Waals surface area contributed by atoms with Gasteiger partial charge in [-0.25, -0.2) is 0 Å². The Kier molecular flexibility index (Phi) is 4.94. The molecule has 0 unspecified atom stereocenters. The number of aromatic hydroxyl groups is 1. The molecule has 0 amide bonds. The van der Waals surface area contributed by atoms with E-state index in [4.69, 9.17) is 27.9 Å². The average molecular weight is 325 g/mol. The number of ether oxygens (including phenoxy) is 1. The lowest BCUT2D eigenvalue weighted by Crippen LogP contribution is -2.01. The summed E-state index contributed by atoms with van der Waals surface area (Å²) in [6, 6.07) is 10.1. The monoisotopic (exact) mass is 324 g/mol. The number of anilines is 1. The minimum atomic E-state index is 0.132. The Balaban J connectivity index is 2.22. The molecular formula is C15H14Cl2N2O2. The van der Waals surface area contributed by atoms with Crippen LogP contribution in [0.3, 0.4) is 0 Å². The van der Waals surface area contributed by atoms with Gasteiger partial charge in [-0.3, -0.25) is 5.43 Å². The Labute approximate surface area is 133 Å². The Bertz CT molecular complexity index is 687. The van der Waals surface area contributed by atoms with Gasteiger partial charge in [-0.15, -0.1) is 0 Å². The highest BCUT2D eigenvalue weighted by molar-refractivity contribution is 6.42. The first-order chi connectivity index (χ1) is 10.0. The van der Waals surface area contributed by atoms with Crippen LogP contribution in [0.15, 0.2) is 41.5 Å². The van der Waals surface area contributed by atoms with E-state index in [9.17, 15) is 5.11 Å². The van der Waals surface area contributed by atoms with E-state index >= 15 is 0 Å². The fourth-order valence-corrected chi connectivity index (χ4v) is 2.00. The minimum Gasteiger partial charge on any atom is -0.507 e. The average Bonchev–Trinajstić information content (AvgIpc) is 2.48. The second kappa shape index (κ2) is 6.70. The number of hydrogen-bond donors (Lipinski definition) is 2. The standard InChI is InChI=1S/C15H14Cl2N2O2/c1-9(12-8-11(21-2)4-6-15(12)20)18-19-10-3-5-13(16)14(17)7-10/h3-8,19-20H,1-2H3/b18-9+. The van der Waals surface area contributed by atoms with Crippen molar-refractivity contribution in [3.8, 4) is 11.5 Å². The molecule has 0 aliphatic carbocycles. The molecule has 0 aromatic heterocycles. The summed E-state index contributed by atoms with van der Waals surface area (Å²) in [5.41, 5.74) is 4.76. The van der Waals surface area contributed by atoms with Crippen molar-refractivity contribution in [3.63, 3.8) is 0 Å². The summed E-state index contributed by atoms with van der Waals surface area (Å²) in [5.74, 6) is 0.778. The zero-order valence-electron chi connectivity index (χ0n) is 11.5. The molecule has 0 fully saturated rings. The van der Waals surface area contributed by atoms with Gasteiger partial charge in [0.2, 0.25) is 0 Å². The summed E-state index contributed by atoms with van der Waals surface area (Å²) in [4.78, 5) is 0. The molecule has 0 saturated heterocycles. The predicted octanol–water partition coefficient (Wildman–Crippen LogP) is 4.54. The maximum atomic E-state index is 9.88. The van der Waals surface area contributed by atoms with Crippen molar-refractivity contribution in [2.45, 2.75) is 6.92 Å². The van der Waals surface area contributed by atoms with Crippen molar-refractivity contribution >= 4 is 34.6 Å². The molecule has 2 rings (SSSR count). The highest BCUT2D eigenvalue weighted by atomic mass is 35.5. The van der Waals surface area contributed by atoms with Crippen molar-refractivity contribution in [3.05, 3.63) is 52.0 Å². The Morgan fingerprint density at radius 3 is 2.57 bits per heavy atom. The van der Waals surface area contributed by atoms with Gasteiger partial charge in [-0.05, 0) is 43.3 Å². The number of nitrogens with zero attached hydrogens (tertiary/aromatic N) is 1. The molecule has 4 nitrogen and oxygen atoms in total. The molecule has 0 atom stereocenters. The van der Waals surface area contributed by atoms with Crippen LogP contribution in [0.25, 0.3) is 0 Å². The molecule has 2 N–H and O–H groups in total. The zero-order valence-corrected chi connectivity index (χ0v) is 13.0. The Morgan fingerprint density at radius 2 is 1.90 bits per heavy atom. The fourth-order valence-electron chi connectivity index (χ4n) is 1.71. The van der Waals surface area contributed by atoms with Gasteiger partial charge < -0.3 is 9.84 Å². The van der Waals surface area contributed by atoms with Crippen molar-refractivity contribution < 1.29 is 9.84 Å². The van der Waals surface area contributed by atoms with Gasteiger partial charge in [0.25, 0.3) is 0 Å². The number of phenols is 1. The van der Waals surface area contributed by atoms with Crippen LogP contribution < -0.4 is 10.2 Å². The number of methoxy groups -OCH3 is 1. The summed E-state index contributed by atoms with van der Waals surface area (Å²) in [6.07, 6.45) is 0. The van der Waals surface area contributed by atoms with Gasteiger partial charge in [0.05, 0.1) is 28.6 Å². The van der Waals surface area contributed by atoms with Crippen LogP contribution in [0, 0.1) is 0 Å². The van der Waals surface area contributed by atoms with Gasteiger partial charge in [-0.2, -0.15) is 5.10 Å². The molecule has 21 heavy (non-hydrogen) atoms. The van der Waals surface area contributed by atoms with Crippen molar-refractivity contribution in [1.29, 1.82) is 0 Å². The van der Waals surface area contributed by atoms with Crippen molar-refractivity contribution in [2.24, 2.45) is 5.10 Å². The van der Waals surface area contributed by atoms with Crippen LogP contribution in [-0.4, -0.2) is 17.9 Å². The van der Waals surface area contributed by atoms with E-state index in [0.717, 1.165) is 0 Å². The zero-order chi connectivity index (χ0) is 15.4. The molecule has 6 heteroatoms. The number of halogens is 2. The highest BCUT2D eigenvalue weighted by Gasteiger charge is 2.07. The third-order valence-corrected chi connectivity index (χ3v) is 3.60. The third-order valence-electron chi connectivity index (χ3n) is 2.87. The second-order valence-corrected chi connectivity index (χ2v) is 5.14. The topological polar surface area (TPSA) is 53.9 Å². The van der Waals surface area contributed by atoms with E-state index in [0.29, 0.717) is 32.8 Å². The van der Waals surface area contributed by atoms with E-state index in [1.807, 2.05) is 0 Å². The van der Waals surface area contributed by atoms with Crippen LogP contribution in [-0.2, 0) is 0 Å². The third kappa shape index (κ3) is 3.80. The van der Waals surface area contributed by atoms with E-state index in [-0.39, 0.29) is 5.75 Å². The molecule has 0 radical (unpaired) electrons. The molecule has 2 aromatic rings. The molecule has 0 aliphatic heterocycles.